The third-order valence-electron chi connectivity index (χ3n) is 4.86. The van der Waals surface area contributed by atoms with Crippen LogP contribution in [0.3, 0.4) is 0 Å². The molecule has 1 amide bonds. The summed E-state index contributed by atoms with van der Waals surface area (Å²) in [5.41, 5.74) is 1.94. The van der Waals surface area contributed by atoms with E-state index >= 15 is 0 Å². The molecule has 0 radical (unpaired) electrons. The lowest BCUT2D eigenvalue weighted by Gasteiger charge is -2.13. The van der Waals surface area contributed by atoms with Crippen molar-refractivity contribution in [2.75, 3.05) is 13.6 Å². The van der Waals surface area contributed by atoms with Gasteiger partial charge in [-0.3, -0.25) is 9.48 Å². The van der Waals surface area contributed by atoms with Crippen LogP contribution in [0.4, 0.5) is 0 Å². The number of hydrogen-bond donors (Lipinski definition) is 1. The molecule has 29 heavy (non-hydrogen) atoms. The average molecular weight is 408 g/mol. The Kier molecular flexibility index (Phi) is 4.82. The van der Waals surface area contributed by atoms with Gasteiger partial charge in [-0.15, -0.1) is 0 Å². The van der Waals surface area contributed by atoms with Crippen molar-refractivity contribution in [2.24, 2.45) is 7.05 Å². The lowest BCUT2D eigenvalue weighted by atomic mass is 10.0. The van der Waals surface area contributed by atoms with Gasteiger partial charge in [0.25, 0.3) is 5.91 Å². The van der Waals surface area contributed by atoms with E-state index in [1.807, 2.05) is 43.4 Å². The minimum Gasteiger partial charge on any atom is -0.369 e. The fourth-order valence-corrected chi connectivity index (χ4v) is 3.41. The Balaban J connectivity index is 1.69. The van der Waals surface area contributed by atoms with E-state index in [2.05, 4.69) is 26.9 Å². The second-order valence-corrected chi connectivity index (χ2v) is 7.25. The van der Waals surface area contributed by atoms with Gasteiger partial charge in [0, 0.05) is 44.4 Å². The molecule has 1 aromatic carbocycles. The summed E-state index contributed by atoms with van der Waals surface area (Å²) in [4.78, 5) is 22.2. The molecule has 0 spiro atoms. The Morgan fingerprint density at radius 1 is 1.17 bits per heavy atom. The summed E-state index contributed by atoms with van der Waals surface area (Å²) in [5, 5.41) is 14.8. The molecule has 7 nitrogen and oxygen atoms in total. The molecule has 3 aromatic rings. The van der Waals surface area contributed by atoms with Crippen molar-refractivity contribution in [1.29, 1.82) is 0 Å². The van der Waals surface area contributed by atoms with Crippen LogP contribution < -0.4 is 0 Å². The predicted octanol–water partition coefficient (Wildman–Crippen LogP) is 2.14. The van der Waals surface area contributed by atoms with Gasteiger partial charge >= 0.3 is 0 Å². The quantitative estimate of drug-likeness (QED) is 0.519. The summed E-state index contributed by atoms with van der Waals surface area (Å²) in [6.07, 6.45) is 1.98. The number of aromatic nitrogens is 4. The smallest absolute Gasteiger partial charge is 0.267 e. The Bertz CT molecular complexity index is 1160. The van der Waals surface area contributed by atoms with Crippen molar-refractivity contribution in [1.82, 2.24) is 24.6 Å². The lowest BCUT2D eigenvalue weighted by molar-refractivity contribution is -0.137. The molecular weight excluding hydrogens is 390 g/mol. The molecule has 3 heterocycles. The number of carbonyl (C=O) groups excluding carboxylic acids is 1. The average Bonchev–Trinajstić information content (AvgIpc) is 3.25. The zero-order valence-electron chi connectivity index (χ0n) is 15.9. The van der Waals surface area contributed by atoms with Crippen LogP contribution in [0.25, 0.3) is 22.6 Å². The molecular formula is C21H18ClN5O2. The van der Waals surface area contributed by atoms with E-state index in [9.17, 15) is 9.90 Å². The summed E-state index contributed by atoms with van der Waals surface area (Å²) in [7, 11) is 3.48. The predicted molar refractivity (Wildman–Crippen MR) is 109 cm³/mol. The van der Waals surface area contributed by atoms with Crippen molar-refractivity contribution in [3.05, 3.63) is 53.4 Å². The van der Waals surface area contributed by atoms with E-state index in [1.54, 1.807) is 17.9 Å². The molecule has 0 unspecified atom stereocenters. The number of aliphatic hydroxyl groups is 1. The SMILES string of the molecule is CN1CC[C@@](O)(C#Cc2cccc(-c3cc(-c4ccnn4C)nc(Cl)n3)c2)C1=O. The van der Waals surface area contributed by atoms with E-state index in [4.69, 9.17) is 11.6 Å². The Morgan fingerprint density at radius 2 is 1.97 bits per heavy atom. The van der Waals surface area contributed by atoms with Crippen LogP contribution >= 0.6 is 11.6 Å². The first-order chi connectivity index (χ1) is 13.9. The minimum absolute atomic E-state index is 0.129. The van der Waals surface area contributed by atoms with E-state index in [0.29, 0.717) is 29.9 Å². The summed E-state index contributed by atoms with van der Waals surface area (Å²) < 4.78 is 1.71. The third kappa shape index (κ3) is 3.73. The molecule has 2 aromatic heterocycles. The van der Waals surface area contributed by atoms with Gasteiger partial charge in [0.05, 0.1) is 17.1 Å². The summed E-state index contributed by atoms with van der Waals surface area (Å²) in [6.45, 7) is 0.486. The van der Waals surface area contributed by atoms with Crippen LogP contribution in [0.2, 0.25) is 5.28 Å². The second kappa shape index (κ2) is 7.32. The molecule has 1 aliphatic rings. The highest BCUT2D eigenvalue weighted by molar-refractivity contribution is 6.28. The third-order valence-corrected chi connectivity index (χ3v) is 5.03. The van der Waals surface area contributed by atoms with Gasteiger partial charge in [-0.05, 0) is 35.9 Å². The zero-order chi connectivity index (χ0) is 20.6. The maximum Gasteiger partial charge on any atom is 0.267 e. The molecule has 0 aliphatic carbocycles. The largest absolute Gasteiger partial charge is 0.369 e. The number of benzene rings is 1. The summed E-state index contributed by atoms with van der Waals surface area (Å²) in [5.74, 6) is 5.28. The number of carbonyl (C=O) groups is 1. The fraction of sp³-hybridized carbons (Fsp3) is 0.238. The standard InChI is InChI=1S/C21H18ClN5O2/c1-26-11-9-21(29,19(26)28)8-6-14-4-3-5-15(12-14)16-13-17(25-20(22)24-16)18-7-10-23-27(18)2/h3-5,7,10,12-13,29H,9,11H2,1-2H3/t21-/m0/s1. The van der Waals surface area contributed by atoms with E-state index in [0.717, 1.165) is 11.3 Å². The van der Waals surface area contributed by atoms with Crippen molar-refractivity contribution in [2.45, 2.75) is 12.0 Å². The number of aryl methyl sites for hydroxylation is 1. The lowest BCUT2D eigenvalue weighted by Crippen LogP contribution is -2.37. The highest BCUT2D eigenvalue weighted by Crippen LogP contribution is 2.26. The Hall–Kier alpha value is -3.21. The van der Waals surface area contributed by atoms with Crippen LogP contribution in [0.15, 0.2) is 42.6 Å². The monoisotopic (exact) mass is 407 g/mol. The minimum atomic E-state index is -1.63. The van der Waals surface area contributed by atoms with Crippen molar-refractivity contribution in [3.63, 3.8) is 0 Å². The maximum absolute atomic E-state index is 12.1. The molecule has 146 valence electrons. The van der Waals surface area contributed by atoms with Crippen LogP contribution in [0, 0.1) is 11.8 Å². The molecule has 1 atom stereocenters. The van der Waals surface area contributed by atoms with E-state index in [-0.39, 0.29) is 11.2 Å². The second-order valence-electron chi connectivity index (χ2n) is 6.92. The fourth-order valence-electron chi connectivity index (χ4n) is 3.22. The van der Waals surface area contributed by atoms with Gasteiger partial charge in [0.15, 0.2) is 0 Å². The first-order valence-electron chi connectivity index (χ1n) is 9.00. The first-order valence-corrected chi connectivity index (χ1v) is 9.38. The Morgan fingerprint density at radius 3 is 2.66 bits per heavy atom. The van der Waals surface area contributed by atoms with Crippen LogP contribution in [-0.4, -0.2) is 54.9 Å². The van der Waals surface area contributed by atoms with Gasteiger partial charge in [0.1, 0.15) is 0 Å². The van der Waals surface area contributed by atoms with Gasteiger partial charge in [-0.25, -0.2) is 9.97 Å². The summed E-state index contributed by atoms with van der Waals surface area (Å²) >= 11 is 6.15. The number of hydrogen-bond acceptors (Lipinski definition) is 5. The summed E-state index contributed by atoms with van der Waals surface area (Å²) in [6, 6.07) is 11.1. The molecule has 1 fully saturated rings. The molecule has 0 bridgehead atoms. The van der Waals surface area contributed by atoms with Crippen LogP contribution in [-0.2, 0) is 11.8 Å². The van der Waals surface area contributed by atoms with Crippen LogP contribution in [0.5, 0.6) is 0 Å². The van der Waals surface area contributed by atoms with E-state index in [1.165, 1.54) is 4.90 Å². The normalized spacial score (nSPS) is 18.6. The molecule has 1 aliphatic heterocycles. The highest BCUT2D eigenvalue weighted by atomic mass is 35.5. The van der Waals surface area contributed by atoms with Gasteiger partial charge < -0.3 is 10.0 Å². The highest BCUT2D eigenvalue weighted by Gasteiger charge is 2.42. The number of halogens is 1. The number of likely N-dealkylation sites (N-methyl/N-ethyl adjacent to an activating group) is 1. The number of likely N-dealkylation sites (tertiary alicyclic amines) is 1. The van der Waals surface area contributed by atoms with Gasteiger partial charge in [-0.1, -0.05) is 24.0 Å². The molecule has 0 saturated carbocycles. The number of nitrogens with zero attached hydrogens (tertiary/aromatic N) is 5. The molecule has 1 N–H and O–H groups in total. The zero-order valence-corrected chi connectivity index (χ0v) is 16.7. The van der Waals surface area contributed by atoms with Gasteiger partial charge in [-0.2, -0.15) is 5.10 Å². The van der Waals surface area contributed by atoms with Gasteiger partial charge in [0.2, 0.25) is 10.9 Å². The number of amides is 1. The molecule has 1 saturated heterocycles. The maximum atomic E-state index is 12.1. The molecule has 4 rings (SSSR count). The topological polar surface area (TPSA) is 84.1 Å². The Labute approximate surface area is 173 Å². The molecule has 8 heteroatoms. The first kappa shape index (κ1) is 19.1. The van der Waals surface area contributed by atoms with Crippen LogP contribution in [0.1, 0.15) is 12.0 Å². The number of rotatable bonds is 2. The van der Waals surface area contributed by atoms with Crippen molar-refractivity contribution >= 4 is 17.5 Å². The van der Waals surface area contributed by atoms with Crippen molar-refractivity contribution < 1.29 is 9.90 Å². The van der Waals surface area contributed by atoms with Crippen molar-refractivity contribution in [3.8, 4) is 34.5 Å². The van der Waals surface area contributed by atoms with E-state index < -0.39 is 5.60 Å².